The summed E-state index contributed by atoms with van der Waals surface area (Å²) < 4.78 is 1.93. The fraction of sp³-hybridized carbons (Fsp3) is 0.143. The number of imidazole rings is 1. The van der Waals surface area contributed by atoms with Crippen molar-refractivity contribution in [3.63, 3.8) is 0 Å². The van der Waals surface area contributed by atoms with Crippen LogP contribution < -0.4 is 5.32 Å². The number of hydrogen-bond donors (Lipinski definition) is 1. The highest BCUT2D eigenvalue weighted by atomic mass is 35.5. The van der Waals surface area contributed by atoms with Gasteiger partial charge in [-0.15, -0.1) is 0 Å². The van der Waals surface area contributed by atoms with E-state index in [9.17, 15) is 0 Å². The van der Waals surface area contributed by atoms with Crippen LogP contribution in [0.25, 0.3) is 16.9 Å². The van der Waals surface area contributed by atoms with Crippen molar-refractivity contribution < 1.29 is 0 Å². The number of benzene rings is 1. The van der Waals surface area contributed by atoms with Crippen molar-refractivity contribution in [2.24, 2.45) is 0 Å². The quantitative estimate of drug-likeness (QED) is 0.496. The summed E-state index contributed by atoms with van der Waals surface area (Å²) in [6.45, 7) is 0.742. The van der Waals surface area contributed by atoms with Crippen LogP contribution in [0.1, 0.15) is 17.7 Å². The number of nitriles is 1. The first-order valence-corrected chi connectivity index (χ1v) is 9.30. The number of aryl methyl sites for hydroxylation is 1. The van der Waals surface area contributed by atoms with Gasteiger partial charge in [0.25, 0.3) is 0 Å². The molecule has 138 valence electrons. The predicted molar refractivity (Wildman–Crippen MR) is 109 cm³/mol. The highest BCUT2D eigenvalue weighted by molar-refractivity contribution is 6.30. The molecular weight excluding hydrogens is 372 g/mol. The highest BCUT2D eigenvalue weighted by Crippen LogP contribution is 2.23. The maximum atomic E-state index is 8.83. The Balaban J connectivity index is 1.47. The molecular formula is C21H17ClN6. The van der Waals surface area contributed by atoms with Gasteiger partial charge in [0.15, 0.2) is 0 Å². The normalized spacial score (nSPS) is 10.7. The van der Waals surface area contributed by atoms with E-state index in [4.69, 9.17) is 21.8 Å². The molecule has 0 fully saturated rings. The maximum absolute atomic E-state index is 8.83. The molecule has 1 aromatic carbocycles. The Morgan fingerprint density at radius 1 is 1.11 bits per heavy atom. The van der Waals surface area contributed by atoms with E-state index >= 15 is 0 Å². The maximum Gasteiger partial charge on any atom is 0.209 e. The van der Waals surface area contributed by atoms with Gasteiger partial charge in [0.2, 0.25) is 5.95 Å². The smallest absolute Gasteiger partial charge is 0.209 e. The Morgan fingerprint density at radius 2 is 1.96 bits per heavy atom. The van der Waals surface area contributed by atoms with Gasteiger partial charge in [-0.3, -0.25) is 9.38 Å². The number of pyridine rings is 1. The molecule has 0 spiro atoms. The first-order valence-electron chi connectivity index (χ1n) is 8.92. The third-order valence-corrected chi connectivity index (χ3v) is 4.63. The van der Waals surface area contributed by atoms with Gasteiger partial charge in [-0.1, -0.05) is 23.7 Å². The molecule has 4 rings (SSSR count). The largest absolute Gasteiger partial charge is 0.355 e. The lowest BCUT2D eigenvalue weighted by molar-refractivity contribution is 0.825. The lowest BCUT2D eigenvalue weighted by Gasteiger charge is -2.10. The van der Waals surface area contributed by atoms with Crippen molar-refractivity contribution >= 4 is 23.2 Å². The molecule has 0 bridgehead atoms. The number of aromatic nitrogens is 4. The number of hydrogen-bond acceptors (Lipinski definition) is 5. The monoisotopic (exact) mass is 388 g/mol. The summed E-state index contributed by atoms with van der Waals surface area (Å²) in [5, 5.41) is 12.9. The van der Waals surface area contributed by atoms with Gasteiger partial charge < -0.3 is 5.32 Å². The van der Waals surface area contributed by atoms with Gasteiger partial charge >= 0.3 is 0 Å². The van der Waals surface area contributed by atoms with Crippen LogP contribution in [-0.4, -0.2) is 25.9 Å². The van der Waals surface area contributed by atoms with E-state index < -0.39 is 0 Å². The van der Waals surface area contributed by atoms with Gasteiger partial charge in [0, 0.05) is 47.5 Å². The van der Waals surface area contributed by atoms with E-state index in [2.05, 4.69) is 21.4 Å². The van der Waals surface area contributed by atoms with Crippen molar-refractivity contribution in [3.05, 3.63) is 77.3 Å². The summed E-state index contributed by atoms with van der Waals surface area (Å²) in [5.41, 5.74) is 4.20. The average molecular weight is 389 g/mol. The minimum atomic E-state index is 0.576. The summed E-state index contributed by atoms with van der Waals surface area (Å²) in [6.07, 6.45) is 6.96. The molecule has 0 amide bonds. The minimum Gasteiger partial charge on any atom is -0.355 e. The van der Waals surface area contributed by atoms with Crippen molar-refractivity contribution in [2.45, 2.75) is 12.8 Å². The van der Waals surface area contributed by atoms with E-state index in [0.717, 1.165) is 47.9 Å². The van der Waals surface area contributed by atoms with Crippen LogP contribution in [0.2, 0.25) is 5.02 Å². The molecule has 7 heteroatoms. The molecule has 4 aromatic rings. The van der Waals surface area contributed by atoms with E-state index in [0.29, 0.717) is 10.6 Å². The highest BCUT2D eigenvalue weighted by Gasteiger charge is 2.08. The van der Waals surface area contributed by atoms with Gasteiger partial charge in [0.05, 0.1) is 11.3 Å². The third-order valence-electron chi connectivity index (χ3n) is 4.38. The van der Waals surface area contributed by atoms with E-state index in [1.165, 1.54) is 0 Å². The Hall–Kier alpha value is -3.43. The number of halogens is 1. The van der Waals surface area contributed by atoms with Crippen LogP contribution in [0.5, 0.6) is 0 Å². The van der Waals surface area contributed by atoms with E-state index in [-0.39, 0.29) is 0 Å². The van der Waals surface area contributed by atoms with Crippen LogP contribution >= 0.6 is 11.6 Å². The topological polar surface area (TPSA) is 78.9 Å². The zero-order valence-electron chi connectivity index (χ0n) is 15.0. The second kappa shape index (κ2) is 8.07. The van der Waals surface area contributed by atoms with Crippen molar-refractivity contribution in [1.82, 2.24) is 19.4 Å². The van der Waals surface area contributed by atoms with Gasteiger partial charge in [0.1, 0.15) is 11.7 Å². The lowest BCUT2D eigenvalue weighted by atomic mass is 10.1. The van der Waals surface area contributed by atoms with Crippen LogP contribution in [0.15, 0.2) is 61.1 Å². The molecule has 3 aromatic heterocycles. The van der Waals surface area contributed by atoms with Crippen LogP contribution in [0.4, 0.5) is 5.95 Å². The first kappa shape index (κ1) is 18.0. The van der Waals surface area contributed by atoms with Crippen molar-refractivity contribution in [2.75, 3.05) is 11.9 Å². The van der Waals surface area contributed by atoms with Gasteiger partial charge in [-0.25, -0.2) is 9.97 Å². The molecule has 1 N–H and O–H groups in total. The summed E-state index contributed by atoms with van der Waals surface area (Å²) in [6, 6.07) is 15.3. The molecule has 0 saturated heterocycles. The summed E-state index contributed by atoms with van der Waals surface area (Å²) >= 11 is 5.99. The van der Waals surface area contributed by atoms with Crippen molar-refractivity contribution in [3.8, 4) is 17.3 Å². The standard InChI is InChI=1S/C21H17ClN6/c22-17-6-4-16(5-7-17)19-12-20-24-10-11-28(20)21(27-19)25-9-1-2-18-8-3-15(13-23)14-26-18/h3-8,10-12,14H,1-2,9H2,(H,25,27). The first-order chi connectivity index (χ1) is 13.7. The average Bonchev–Trinajstić information content (AvgIpc) is 3.21. The Labute approximate surface area is 167 Å². The number of anilines is 1. The summed E-state index contributed by atoms with van der Waals surface area (Å²) in [5.74, 6) is 0.743. The molecule has 0 atom stereocenters. The van der Waals surface area contributed by atoms with Gasteiger partial charge in [-0.2, -0.15) is 5.26 Å². The Bertz CT molecular complexity index is 1130. The van der Waals surface area contributed by atoms with E-state index in [1.54, 1.807) is 18.5 Å². The SMILES string of the molecule is N#Cc1ccc(CCCNc2nc(-c3ccc(Cl)cc3)cc3nccn23)nc1. The number of rotatable bonds is 6. The molecule has 0 aliphatic heterocycles. The second-order valence-electron chi connectivity index (χ2n) is 6.31. The number of fused-ring (bicyclic) bond motifs is 1. The van der Waals surface area contributed by atoms with Gasteiger partial charge in [-0.05, 0) is 37.1 Å². The molecule has 28 heavy (non-hydrogen) atoms. The third kappa shape index (κ3) is 3.95. The summed E-state index contributed by atoms with van der Waals surface area (Å²) in [4.78, 5) is 13.5. The zero-order valence-corrected chi connectivity index (χ0v) is 15.8. The Morgan fingerprint density at radius 3 is 2.71 bits per heavy atom. The molecule has 0 saturated carbocycles. The molecule has 0 radical (unpaired) electrons. The summed E-state index contributed by atoms with van der Waals surface area (Å²) in [7, 11) is 0. The molecule has 0 aliphatic carbocycles. The molecule has 0 aliphatic rings. The zero-order chi connectivity index (χ0) is 19.3. The number of nitrogens with one attached hydrogen (secondary N) is 1. The lowest BCUT2D eigenvalue weighted by Crippen LogP contribution is -2.09. The van der Waals surface area contributed by atoms with Crippen LogP contribution in [0, 0.1) is 11.3 Å². The number of nitrogens with zero attached hydrogens (tertiary/aromatic N) is 5. The van der Waals surface area contributed by atoms with E-state index in [1.807, 2.05) is 47.0 Å². The fourth-order valence-corrected chi connectivity index (χ4v) is 3.05. The van der Waals surface area contributed by atoms with Crippen molar-refractivity contribution in [1.29, 1.82) is 5.26 Å². The van der Waals surface area contributed by atoms with Crippen LogP contribution in [0.3, 0.4) is 0 Å². The molecule has 3 heterocycles. The minimum absolute atomic E-state index is 0.576. The molecule has 6 nitrogen and oxygen atoms in total. The predicted octanol–water partition coefficient (Wildman–Crippen LogP) is 4.36. The van der Waals surface area contributed by atoms with Crippen LogP contribution in [-0.2, 0) is 6.42 Å². The fourth-order valence-electron chi connectivity index (χ4n) is 2.92. The molecule has 0 unspecified atom stereocenters. The Kier molecular flexibility index (Phi) is 5.18. The second-order valence-corrected chi connectivity index (χ2v) is 6.74.